The van der Waals surface area contributed by atoms with Crippen LogP contribution >= 0.6 is 0 Å². The topological polar surface area (TPSA) is 64.7 Å². The average Bonchev–Trinajstić information content (AvgIpc) is 3.20. The molecule has 1 atom stereocenters. The van der Waals surface area contributed by atoms with Gasteiger partial charge in [0.25, 0.3) is 0 Å². The third kappa shape index (κ3) is 3.48. The van der Waals surface area contributed by atoms with E-state index in [1.807, 2.05) is 55.1 Å². The number of hydrogen-bond donors (Lipinski definition) is 1. The number of hydrogen-bond acceptors (Lipinski definition) is 3. The van der Waals surface area contributed by atoms with Crippen molar-refractivity contribution in [2.45, 2.75) is 39.3 Å². The lowest BCUT2D eigenvalue weighted by molar-refractivity contribution is -0.123. The number of unbranched alkanes of at least 4 members (excludes halogenated alkanes) is 1. The van der Waals surface area contributed by atoms with Crippen LogP contribution in [0.15, 0.2) is 43.0 Å². The zero-order chi connectivity index (χ0) is 16.9. The first-order chi connectivity index (χ1) is 11.7. The third-order valence-electron chi connectivity index (χ3n) is 4.33. The molecule has 126 valence electrons. The van der Waals surface area contributed by atoms with Crippen LogP contribution < -0.4 is 5.32 Å². The predicted molar refractivity (Wildman–Crippen MR) is 93.7 cm³/mol. The molecule has 1 N–H and O–H groups in total. The summed E-state index contributed by atoms with van der Waals surface area (Å²) >= 11 is 0. The largest absolute Gasteiger partial charge is 0.354 e. The van der Waals surface area contributed by atoms with E-state index in [4.69, 9.17) is 0 Å². The minimum Gasteiger partial charge on any atom is -0.354 e. The van der Waals surface area contributed by atoms with Crippen molar-refractivity contribution in [3.05, 3.63) is 48.8 Å². The molecule has 2 heterocycles. The van der Waals surface area contributed by atoms with Crippen LogP contribution in [0.2, 0.25) is 0 Å². The molecule has 0 saturated heterocycles. The van der Waals surface area contributed by atoms with Crippen LogP contribution in [0.1, 0.15) is 31.6 Å². The number of carbonyl (C=O) groups is 1. The molecule has 0 bridgehead atoms. The van der Waals surface area contributed by atoms with E-state index in [0.29, 0.717) is 6.54 Å². The van der Waals surface area contributed by atoms with Crippen molar-refractivity contribution < 1.29 is 4.79 Å². The number of imidazole rings is 2. The van der Waals surface area contributed by atoms with Gasteiger partial charge in [0.05, 0.1) is 17.4 Å². The van der Waals surface area contributed by atoms with Gasteiger partial charge in [-0.1, -0.05) is 12.1 Å². The van der Waals surface area contributed by atoms with Crippen LogP contribution in [0.4, 0.5) is 0 Å². The summed E-state index contributed by atoms with van der Waals surface area (Å²) < 4.78 is 4.04. The number of amides is 1. The maximum absolute atomic E-state index is 12.4. The first-order valence-corrected chi connectivity index (χ1v) is 8.34. The Kier molecular flexibility index (Phi) is 4.93. The van der Waals surface area contributed by atoms with Crippen molar-refractivity contribution in [2.24, 2.45) is 0 Å². The highest BCUT2D eigenvalue weighted by molar-refractivity contribution is 5.83. The van der Waals surface area contributed by atoms with E-state index in [1.54, 1.807) is 6.33 Å². The molecule has 0 saturated carbocycles. The van der Waals surface area contributed by atoms with Gasteiger partial charge in [0.15, 0.2) is 0 Å². The number of nitrogens with zero attached hydrogens (tertiary/aromatic N) is 4. The minimum atomic E-state index is -0.270. The van der Waals surface area contributed by atoms with Crippen LogP contribution in [0.5, 0.6) is 0 Å². The summed E-state index contributed by atoms with van der Waals surface area (Å²) in [4.78, 5) is 20.9. The van der Waals surface area contributed by atoms with Gasteiger partial charge >= 0.3 is 0 Å². The van der Waals surface area contributed by atoms with Gasteiger partial charge in [0.2, 0.25) is 5.91 Å². The van der Waals surface area contributed by atoms with E-state index >= 15 is 0 Å². The van der Waals surface area contributed by atoms with Gasteiger partial charge in [0, 0.05) is 25.5 Å². The lowest BCUT2D eigenvalue weighted by Crippen LogP contribution is -2.31. The fourth-order valence-corrected chi connectivity index (χ4v) is 2.82. The molecule has 3 aromatic rings. The number of carbonyl (C=O) groups excluding carboxylic acids is 1. The monoisotopic (exact) mass is 325 g/mol. The number of para-hydroxylation sites is 2. The molecule has 1 aromatic carbocycles. The fourth-order valence-electron chi connectivity index (χ4n) is 2.82. The van der Waals surface area contributed by atoms with E-state index in [2.05, 4.69) is 19.9 Å². The van der Waals surface area contributed by atoms with Crippen molar-refractivity contribution in [1.82, 2.24) is 24.4 Å². The van der Waals surface area contributed by atoms with E-state index in [0.717, 1.165) is 36.2 Å². The number of aryl methyl sites for hydroxylation is 2. The first-order valence-electron chi connectivity index (χ1n) is 8.34. The molecule has 2 aromatic heterocycles. The number of aromatic nitrogens is 4. The summed E-state index contributed by atoms with van der Waals surface area (Å²) in [6.07, 6.45) is 7.49. The number of fused-ring (bicyclic) bond motifs is 1. The quantitative estimate of drug-likeness (QED) is 0.679. The van der Waals surface area contributed by atoms with E-state index in [1.165, 1.54) is 0 Å². The van der Waals surface area contributed by atoms with Crippen LogP contribution in [0, 0.1) is 6.92 Å². The SMILES string of the molecule is Cc1nccn1CCCCNC(=O)[C@H](C)n1cnc2ccccc21. The zero-order valence-electron chi connectivity index (χ0n) is 14.1. The molecule has 0 unspecified atom stereocenters. The minimum absolute atomic E-state index is 0.0250. The zero-order valence-corrected chi connectivity index (χ0v) is 14.1. The molecule has 0 aliphatic heterocycles. The molecule has 1 amide bonds. The van der Waals surface area contributed by atoms with Crippen LogP contribution in [-0.4, -0.2) is 31.6 Å². The van der Waals surface area contributed by atoms with E-state index < -0.39 is 0 Å². The molecule has 0 aliphatic rings. The van der Waals surface area contributed by atoms with Crippen molar-refractivity contribution in [3.63, 3.8) is 0 Å². The van der Waals surface area contributed by atoms with Crippen LogP contribution in [-0.2, 0) is 11.3 Å². The average molecular weight is 325 g/mol. The van der Waals surface area contributed by atoms with Crippen molar-refractivity contribution in [3.8, 4) is 0 Å². The van der Waals surface area contributed by atoms with Gasteiger partial charge in [-0.05, 0) is 38.8 Å². The number of rotatable bonds is 7. The fraction of sp³-hybridized carbons (Fsp3) is 0.389. The Labute approximate surface area is 141 Å². The van der Waals surface area contributed by atoms with Gasteiger partial charge in [-0.15, -0.1) is 0 Å². The van der Waals surface area contributed by atoms with Crippen LogP contribution in [0.25, 0.3) is 11.0 Å². The Morgan fingerprint density at radius 1 is 1.25 bits per heavy atom. The summed E-state index contributed by atoms with van der Waals surface area (Å²) in [7, 11) is 0. The van der Waals surface area contributed by atoms with Gasteiger partial charge in [0.1, 0.15) is 11.9 Å². The van der Waals surface area contributed by atoms with Crippen molar-refractivity contribution in [1.29, 1.82) is 0 Å². The van der Waals surface area contributed by atoms with E-state index in [-0.39, 0.29) is 11.9 Å². The lowest BCUT2D eigenvalue weighted by Gasteiger charge is -2.14. The highest BCUT2D eigenvalue weighted by Gasteiger charge is 2.16. The Morgan fingerprint density at radius 2 is 2.08 bits per heavy atom. The molecular weight excluding hydrogens is 302 g/mol. The normalized spacial score (nSPS) is 12.4. The van der Waals surface area contributed by atoms with Gasteiger partial charge in [-0.2, -0.15) is 0 Å². The summed E-state index contributed by atoms with van der Waals surface area (Å²) in [5.74, 6) is 1.05. The maximum Gasteiger partial charge on any atom is 0.242 e. The number of benzene rings is 1. The molecule has 6 heteroatoms. The first kappa shape index (κ1) is 16.2. The second-order valence-electron chi connectivity index (χ2n) is 5.98. The van der Waals surface area contributed by atoms with Crippen molar-refractivity contribution in [2.75, 3.05) is 6.54 Å². The summed E-state index contributed by atoms with van der Waals surface area (Å²) in [6, 6.07) is 7.58. The summed E-state index contributed by atoms with van der Waals surface area (Å²) in [6.45, 7) is 5.52. The van der Waals surface area contributed by atoms with Gasteiger partial charge in [-0.3, -0.25) is 4.79 Å². The summed E-state index contributed by atoms with van der Waals surface area (Å²) in [5, 5.41) is 3.02. The highest BCUT2D eigenvalue weighted by Crippen LogP contribution is 2.17. The highest BCUT2D eigenvalue weighted by atomic mass is 16.2. The predicted octanol–water partition coefficient (Wildman–Crippen LogP) is 2.70. The second kappa shape index (κ2) is 7.29. The molecule has 6 nitrogen and oxygen atoms in total. The van der Waals surface area contributed by atoms with E-state index in [9.17, 15) is 4.79 Å². The second-order valence-corrected chi connectivity index (χ2v) is 5.98. The lowest BCUT2D eigenvalue weighted by atomic mass is 10.2. The van der Waals surface area contributed by atoms with Crippen molar-refractivity contribution >= 4 is 16.9 Å². The Bertz CT molecular complexity index is 820. The molecule has 0 spiro atoms. The maximum atomic E-state index is 12.4. The summed E-state index contributed by atoms with van der Waals surface area (Å²) in [5.41, 5.74) is 1.89. The Balaban J connectivity index is 1.47. The third-order valence-corrected chi connectivity index (χ3v) is 4.33. The van der Waals surface area contributed by atoms with Gasteiger partial charge in [-0.25, -0.2) is 9.97 Å². The molecule has 0 radical (unpaired) electrons. The molecule has 3 rings (SSSR count). The molecule has 24 heavy (non-hydrogen) atoms. The number of nitrogens with one attached hydrogen (secondary N) is 1. The molecular formula is C18H23N5O. The standard InChI is InChI=1S/C18H23N5O/c1-14(23-13-21-16-7-3-4-8-17(16)23)18(24)20-9-5-6-11-22-12-10-19-15(22)2/h3-4,7-8,10,12-14H,5-6,9,11H2,1-2H3,(H,20,24)/t14-/m0/s1. The Hall–Kier alpha value is -2.63. The smallest absolute Gasteiger partial charge is 0.242 e. The van der Waals surface area contributed by atoms with Crippen LogP contribution in [0.3, 0.4) is 0 Å². The molecule has 0 aliphatic carbocycles. The molecule has 0 fully saturated rings. The Morgan fingerprint density at radius 3 is 2.88 bits per heavy atom. The van der Waals surface area contributed by atoms with Gasteiger partial charge < -0.3 is 14.5 Å².